The topological polar surface area (TPSA) is 53.4 Å². The average molecular weight is 278 g/mol. The van der Waals surface area contributed by atoms with E-state index < -0.39 is 11.8 Å². The Balaban J connectivity index is 2.29. The van der Waals surface area contributed by atoms with Crippen molar-refractivity contribution in [2.24, 2.45) is 0 Å². The molecule has 0 radical (unpaired) electrons. The minimum atomic E-state index is -1.27. The monoisotopic (exact) mass is 278 g/mol. The summed E-state index contributed by atoms with van der Waals surface area (Å²) in [6.45, 7) is 0.261. The Morgan fingerprint density at radius 2 is 2.05 bits per heavy atom. The van der Waals surface area contributed by atoms with E-state index in [2.05, 4.69) is 4.98 Å². The first-order valence-electron chi connectivity index (χ1n) is 5.82. The molecule has 20 heavy (non-hydrogen) atoms. The zero-order valence-corrected chi connectivity index (χ0v) is 10.7. The van der Waals surface area contributed by atoms with E-state index in [4.69, 9.17) is 5.11 Å². The minimum absolute atomic E-state index is 0.128. The highest BCUT2D eigenvalue weighted by Crippen LogP contribution is 2.19. The number of aromatic nitrogens is 1. The maximum absolute atomic E-state index is 13.1. The van der Waals surface area contributed by atoms with Crippen molar-refractivity contribution in [2.45, 2.75) is 6.54 Å². The van der Waals surface area contributed by atoms with Gasteiger partial charge >= 0.3 is 5.97 Å². The first kappa shape index (κ1) is 13.9. The Morgan fingerprint density at radius 1 is 1.30 bits per heavy atom. The molecule has 1 N–H and O–H groups in total. The van der Waals surface area contributed by atoms with Crippen LogP contribution in [0.2, 0.25) is 0 Å². The molecule has 0 saturated carbocycles. The van der Waals surface area contributed by atoms with Crippen molar-refractivity contribution in [2.75, 3.05) is 11.9 Å². The van der Waals surface area contributed by atoms with Gasteiger partial charge in [0.15, 0.2) is 0 Å². The molecular weight excluding hydrogens is 266 g/mol. The third-order valence-electron chi connectivity index (χ3n) is 2.73. The summed E-state index contributed by atoms with van der Waals surface area (Å²) >= 11 is 0. The van der Waals surface area contributed by atoms with Crippen LogP contribution in [0.25, 0.3) is 0 Å². The molecule has 1 aromatic carbocycles. The second-order valence-corrected chi connectivity index (χ2v) is 4.32. The lowest BCUT2D eigenvalue weighted by Gasteiger charge is -2.20. The first-order chi connectivity index (χ1) is 9.47. The molecule has 0 unspecified atom stereocenters. The van der Waals surface area contributed by atoms with Crippen LogP contribution >= 0.6 is 0 Å². The zero-order chi connectivity index (χ0) is 14.7. The van der Waals surface area contributed by atoms with Crippen LogP contribution in [0.4, 0.5) is 14.6 Å². The van der Waals surface area contributed by atoms with Crippen LogP contribution in [0.3, 0.4) is 0 Å². The van der Waals surface area contributed by atoms with Crippen LogP contribution < -0.4 is 4.90 Å². The fraction of sp³-hybridized carbons (Fsp3) is 0.143. The smallest absolute Gasteiger partial charge is 0.339 e. The van der Waals surface area contributed by atoms with Gasteiger partial charge in [-0.25, -0.2) is 18.6 Å². The number of rotatable bonds is 4. The quantitative estimate of drug-likeness (QED) is 0.934. The highest BCUT2D eigenvalue weighted by atomic mass is 19.1. The van der Waals surface area contributed by atoms with E-state index in [0.717, 1.165) is 12.3 Å². The van der Waals surface area contributed by atoms with Gasteiger partial charge in [0.1, 0.15) is 23.0 Å². The van der Waals surface area contributed by atoms with Crippen molar-refractivity contribution in [1.29, 1.82) is 0 Å². The summed E-state index contributed by atoms with van der Waals surface area (Å²) in [6, 6.07) is 6.85. The maximum Gasteiger partial charge on any atom is 0.339 e. The first-order valence-corrected chi connectivity index (χ1v) is 5.82. The summed E-state index contributed by atoms with van der Waals surface area (Å²) in [4.78, 5) is 16.4. The number of carboxylic acid groups (broad SMARTS) is 1. The van der Waals surface area contributed by atoms with E-state index in [1.165, 1.54) is 17.0 Å². The van der Waals surface area contributed by atoms with Crippen molar-refractivity contribution in [3.05, 3.63) is 59.3 Å². The Bertz CT molecular complexity index is 647. The van der Waals surface area contributed by atoms with Crippen molar-refractivity contribution >= 4 is 11.8 Å². The molecule has 104 valence electrons. The summed E-state index contributed by atoms with van der Waals surface area (Å²) in [5.41, 5.74) is 0.430. The third-order valence-corrected chi connectivity index (χ3v) is 2.73. The number of carbonyl (C=O) groups is 1. The normalized spacial score (nSPS) is 10.3. The van der Waals surface area contributed by atoms with E-state index in [1.54, 1.807) is 19.2 Å². The predicted molar refractivity (Wildman–Crippen MR) is 69.7 cm³/mol. The highest BCUT2D eigenvalue weighted by molar-refractivity contribution is 5.93. The van der Waals surface area contributed by atoms with Gasteiger partial charge in [0.2, 0.25) is 0 Å². The van der Waals surface area contributed by atoms with Gasteiger partial charge in [-0.05, 0) is 23.8 Å². The second kappa shape index (κ2) is 5.64. The molecule has 0 saturated heterocycles. The second-order valence-electron chi connectivity index (χ2n) is 4.32. The lowest BCUT2D eigenvalue weighted by Crippen LogP contribution is -2.21. The van der Waals surface area contributed by atoms with Gasteiger partial charge in [-0.2, -0.15) is 0 Å². The van der Waals surface area contributed by atoms with Crippen LogP contribution in [-0.4, -0.2) is 23.1 Å². The van der Waals surface area contributed by atoms with Gasteiger partial charge in [0, 0.05) is 13.6 Å². The number of hydrogen-bond acceptors (Lipinski definition) is 3. The van der Waals surface area contributed by atoms with Crippen molar-refractivity contribution in [1.82, 2.24) is 4.98 Å². The molecule has 2 rings (SSSR count). The van der Waals surface area contributed by atoms with Crippen LogP contribution in [0.1, 0.15) is 15.9 Å². The van der Waals surface area contributed by atoms with Crippen molar-refractivity contribution < 1.29 is 18.7 Å². The molecule has 1 aromatic heterocycles. The molecule has 0 fully saturated rings. The van der Waals surface area contributed by atoms with Gasteiger partial charge in [0.25, 0.3) is 0 Å². The van der Waals surface area contributed by atoms with Gasteiger partial charge in [0.05, 0.1) is 6.20 Å². The van der Waals surface area contributed by atoms with Gasteiger partial charge in [-0.1, -0.05) is 12.1 Å². The molecule has 4 nitrogen and oxygen atoms in total. The zero-order valence-electron chi connectivity index (χ0n) is 10.7. The molecule has 6 heteroatoms. The van der Waals surface area contributed by atoms with E-state index in [0.29, 0.717) is 5.56 Å². The molecule has 0 spiro atoms. The number of carboxylic acids is 1. The number of anilines is 1. The largest absolute Gasteiger partial charge is 0.478 e. The van der Waals surface area contributed by atoms with Crippen LogP contribution in [0.5, 0.6) is 0 Å². The number of halogens is 2. The summed E-state index contributed by atoms with van der Waals surface area (Å²) in [7, 11) is 1.61. The Hall–Kier alpha value is -2.50. The molecule has 0 aliphatic rings. The number of nitrogens with zero attached hydrogens (tertiary/aromatic N) is 2. The Kier molecular flexibility index (Phi) is 3.93. The third kappa shape index (κ3) is 3.09. The van der Waals surface area contributed by atoms with Crippen LogP contribution in [0, 0.1) is 11.6 Å². The number of pyridine rings is 1. The lowest BCUT2D eigenvalue weighted by molar-refractivity contribution is 0.0696. The summed E-state index contributed by atoms with van der Waals surface area (Å²) in [5, 5.41) is 9.06. The van der Waals surface area contributed by atoms with E-state index >= 15 is 0 Å². The summed E-state index contributed by atoms with van der Waals surface area (Å²) in [6.07, 6.45) is 0.948. The number of aromatic carboxylic acids is 1. The van der Waals surface area contributed by atoms with Crippen molar-refractivity contribution in [3.63, 3.8) is 0 Å². The molecule has 0 bridgehead atoms. The SMILES string of the molecule is CN(Cc1cccc(F)c1)c1ncc(F)cc1C(=O)O. The van der Waals surface area contributed by atoms with E-state index in [1.807, 2.05) is 0 Å². The molecule has 0 amide bonds. The highest BCUT2D eigenvalue weighted by Gasteiger charge is 2.16. The fourth-order valence-electron chi connectivity index (χ4n) is 1.88. The summed E-state index contributed by atoms with van der Waals surface area (Å²) in [5.74, 6) is -2.23. The van der Waals surface area contributed by atoms with Crippen LogP contribution in [0.15, 0.2) is 36.5 Å². The molecule has 1 heterocycles. The van der Waals surface area contributed by atoms with E-state index in [-0.39, 0.29) is 23.7 Å². The minimum Gasteiger partial charge on any atom is -0.478 e. The molecule has 2 aromatic rings. The lowest BCUT2D eigenvalue weighted by atomic mass is 10.2. The van der Waals surface area contributed by atoms with Gasteiger partial charge < -0.3 is 10.0 Å². The fourth-order valence-corrected chi connectivity index (χ4v) is 1.88. The average Bonchev–Trinajstić information content (AvgIpc) is 2.38. The maximum atomic E-state index is 13.1. The molecule has 0 aliphatic carbocycles. The van der Waals surface area contributed by atoms with E-state index in [9.17, 15) is 13.6 Å². The van der Waals surface area contributed by atoms with Gasteiger partial charge in [-0.15, -0.1) is 0 Å². The Morgan fingerprint density at radius 3 is 2.70 bits per heavy atom. The summed E-state index contributed by atoms with van der Waals surface area (Å²) < 4.78 is 26.2. The number of benzene rings is 1. The van der Waals surface area contributed by atoms with Gasteiger partial charge in [-0.3, -0.25) is 0 Å². The molecular formula is C14H12F2N2O2. The Labute approximate surface area is 114 Å². The predicted octanol–water partition coefficient (Wildman–Crippen LogP) is 2.69. The molecule has 0 atom stereocenters. The number of hydrogen-bond donors (Lipinski definition) is 1. The standard InChI is InChI=1S/C14H12F2N2O2/c1-18(8-9-3-2-4-10(15)5-9)13-12(14(19)20)6-11(16)7-17-13/h2-7H,8H2,1H3,(H,19,20). The van der Waals surface area contributed by atoms with Crippen molar-refractivity contribution in [3.8, 4) is 0 Å². The van der Waals surface area contributed by atoms with Crippen LogP contribution in [-0.2, 0) is 6.54 Å². The molecule has 0 aliphatic heterocycles.